The van der Waals surface area contributed by atoms with Crippen molar-refractivity contribution in [1.82, 2.24) is 4.98 Å². The van der Waals surface area contributed by atoms with Crippen LogP contribution in [0.4, 0.5) is 11.5 Å². The maximum absolute atomic E-state index is 11.3. The molecule has 1 aromatic heterocycles. The fourth-order valence-electron chi connectivity index (χ4n) is 1.18. The summed E-state index contributed by atoms with van der Waals surface area (Å²) in [5, 5.41) is 5.93. The summed E-state index contributed by atoms with van der Waals surface area (Å²) in [4.78, 5) is 15.5. The lowest BCUT2D eigenvalue weighted by Crippen LogP contribution is -2.32. The van der Waals surface area contributed by atoms with Crippen LogP contribution in [0.15, 0.2) is 18.3 Å². The summed E-state index contributed by atoms with van der Waals surface area (Å²) in [7, 11) is 0. The molecule has 0 aromatic carbocycles. The van der Waals surface area contributed by atoms with E-state index in [1.54, 1.807) is 19.2 Å². The minimum Gasteiger partial charge on any atom is -0.381 e. The van der Waals surface area contributed by atoms with Crippen molar-refractivity contribution in [3.8, 4) is 0 Å². The van der Waals surface area contributed by atoms with Crippen LogP contribution in [0, 0.1) is 0 Å². The third-order valence-corrected chi connectivity index (χ3v) is 2.45. The van der Waals surface area contributed by atoms with Gasteiger partial charge < -0.3 is 16.4 Å². The first-order valence-electron chi connectivity index (χ1n) is 5.82. The first-order valence-corrected chi connectivity index (χ1v) is 5.82. The lowest BCUT2D eigenvalue weighted by atomic mass is 10.2. The van der Waals surface area contributed by atoms with E-state index in [9.17, 15) is 4.79 Å². The number of rotatable bonds is 5. The zero-order chi connectivity index (χ0) is 12.8. The Labute approximate surface area is 102 Å². The van der Waals surface area contributed by atoms with Crippen LogP contribution >= 0.6 is 0 Å². The molecule has 1 amide bonds. The molecule has 5 nitrogen and oxygen atoms in total. The molecule has 94 valence electrons. The summed E-state index contributed by atoms with van der Waals surface area (Å²) < 4.78 is 0. The smallest absolute Gasteiger partial charge is 0.242 e. The number of nitrogens with two attached hydrogens (primary N) is 1. The summed E-state index contributed by atoms with van der Waals surface area (Å²) in [6, 6.07) is 3.51. The number of hydrogen-bond donors (Lipinski definition) is 3. The molecule has 1 heterocycles. The highest BCUT2D eigenvalue weighted by Crippen LogP contribution is 2.11. The first-order chi connectivity index (χ1) is 8.02. The highest BCUT2D eigenvalue weighted by molar-refractivity contribution is 5.93. The molecule has 0 saturated heterocycles. The average molecular weight is 236 g/mol. The molecular formula is C12H20N4O. The zero-order valence-corrected chi connectivity index (χ0v) is 10.5. The van der Waals surface area contributed by atoms with Crippen LogP contribution in [0.25, 0.3) is 0 Å². The molecule has 0 saturated carbocycles. The molecule has 1 aromatic rings. The van der Waals surface area contributed by atoms with Crippen molar-refractivity contribution < 1.29 is 4.79 Å². The third-order valence-electron chi connectivity index (χ3n) is 2.45. The molecule has 0 aliphatic carbocycles. The fourth-order valence-corrected chi connectivity index (χ4v) is 1.18. The molecule has 0 radical (unpaired) electrons. The number of carbonyl (C=O) groups is 1. The highest BCUT2D eigenvalue weighted by atomic mass is 16.2. The van der Waals surface area contributed by atoms with Gasteiger partial charge in [0.05, 0.1) is 17.9 Å². The number of pyridine rings is 1. The largest absolute Gasteiger partial charge is 0.381 e. The van der Waals surface area contributed by atoms with Crippen LogP contribution < -0.4 is 16.4 Å². The molecule has 0 fully saturated rings. The molecule has 4 N–H and O–H groups in total. The lowest BCUT2D eigenvalue weighted by Gasteiger charge is -2.13. The van der Waals surface area contributed by atoms with Crippen molar-refractivity contribution in [2.24, 2.45) is 5.73 Å². The minimum atomic E-state index is -0.533. The van der Waals surface area contributed by atoms with Gasteiger partial charge in [-0.2, -0.15) is 0 Å². The van der Waals surface area contributed by atoms with Gasteiger partial charge in [0.25, 0.3) is 0 Å². The number of carbonyl (C=O) groups excluding carboxylic acids is 1. The predicted octanol–water partition coefficient (Wildman–Crippen LogP) is 1.58. The predicted molar refractivity (Wildman–Crippen MR) is 69.9 cm³/mol. The van der Waals surface area contributed by atoms with Gasteiger partial charge >= 0.3 is 0 Å². The molecule has 0 aliphatic rings. The Kier molecular flexibility index (Phi) is 4.90. The third kappa shape index (κ3) is 4.40. The topological polar surface area (TPSA) is 80.0 Å². The molecule has 0 spiro atoms. The molecule has 0 aliphatic heterocycles. The monoisotopic (exact) mass is 236 g/mol. The van der Waals surface area contributed by atoms with Gasteiger partial charge in [-0.05, 0) is 32.4 Å². The van der Waals surface area contributed by atoms with Gasteiger partial charge in [0.2, 0.25) is 5.91 Å². The van der Waals surface area contributed by atoms with Crippen LogP contribution in [0.5, 0.6) is 0 Å². The van der Waals surface area contributed by atoms with Crippen LogP contribution in [-0.2, 0) is 4.79 Å². The molecule has 5 heteroatoms. The van der Waals surface area contributed by atoms with E-state index in [1.807, 2.05) is 6.07 Å². The number of nitrogens with one attached hydrogen (secondary N) is 2. The Morgan fingerprint density at radius 2 is 2.18 bits per heavy atom. The summed E-state index contributed by atoms with van der Waals surface area (Å²) in [6.45, 7) is 5.85. The summed E-state index contributed by atoms with van der Waals surface area (Å²) in [5.74, 6) is 0.280. The van der Waals surface area contributed by atoms with Gasteiger partial charge in [-0.3, -0.25) is 4.79 Å². The lowest BCUT2D eigenvalue weighted by molar-refractivity contribution is -0.117. The number of anilines is 2. The molecule has 2 unspecified atom stereocenters. The normalized spacial score (nSPS) is 13.9. The van der Waals surface area contributed by atoms with Gasteiger partial charge in [-0.15, -0.1) is 0 Å². The van der Waals surface area contributed by atoms with Crippen LogP contribution in [0.1, 0.15) is 27.2 Å². The SMILES string of the molecule is CCC(C)Nc1ccc(NC(=O)C(C)N)nc1. The number of aromatic nitrogens is 1. The Balaban J connectivity index is 2.59. The van der Waals surface area contributed by atoms with E-state index in [2.05, 4.69) is 29.5 Å². The second-order valence-electron chi connectivity index (χ2n) is 4.16. The molecule has 17 heavy (non-hydrogen) atoms. The van der Waals surface area contributed by atoms with Gasteiger partial charge in [0, 0.05) is 6.04 Å². The van der Waals surface area contributed by atoms with E-state index in [-0.39, 0.29) is 5.91 Å². The Morgan fingerprint density at radius 3 is 2.65 bits per heavy atom. The van der Waals surface area contributed by atoms with Crippen molar-refractivity contribution in [2.45, 2.75) is 39.3 Å². The number of amides is 1. The molecule has 0 bridgehead atoms. The first kappa shape index (κ1) is 13.4. The quantitative estimate of drug-likeness (QED) is 0.725. The van der Waals surface area contributed by atoms with Crippen molar-refractivity contribution in [3.63, 3.8) is 0 Å². The zero-order valence-electron chi connectivity index (χ0n) is 10.5. The van der Waals surface area contributed by atoms with E-state index >= 15 is 0 Å². The van der Waals surface area contributed by atoms with E-state index in [4.69, 9.17) is 5.73 Å². The average Bonchev–Trinajstić information content (AvgIpc) is 2.31. The van der Waals surface area contributed by atoms with Crippen molar-refractivity contribution in [3.05, 3.63) is 18.3 Å². The Morgan fingerprint density at radius 1 is 1.47 bits per heavy atom. The minimum absolute atomic E-state index is 0.236. The molecule has 1 rings (SSSR count). The number of nitrogens with zero attached hydrogens (tertiary/aromatic N) is 1. The summed E-state index contributed by atoms with van der Waals surface area (Å²) in [6.07, 6.45) is 2.74. The van der Waals surface area contributed by atoms with Gasteiger partial charge in [-0.1, -0.05) is 6.92 Å². The summed E-state index contributed by atoms with van der Waals surface area (Å²) >= 11 is 0. The van der Waals surface area contributed by atoms with Crippen molar-refractivity contribution in [2.75, 3.05) is 10.6 Å². The van der Waals surface area contributed by atoms with E-state index in [0.29, 0.717) is 11.9 Å². The van der Waals surface area contributed by atoms with Gasteiger partial charge in [-0.25, -0.2) is 4.98 Å². The maximum atomic E-state index is 11.3. The summed E-state index contributed by atoms with van der Waals surface area (Å²) in [5.41, 5.74) is 6.39. The van der Waals surface area contributed by atoms with E-state index in [0.717, 1.165) is 12.1 Å². The van der Waals surface area contributed by atoms with Crippen molar-refractivity contribution >= 4 is 17.4 Å². The van der Waals surface area contributed by atoms with Gasteiger partial charge in [0.15, 0.2) is 0 Å². The van der Waals surface area contributed by atoms with E-state index < -0.39 is 6.04 Å². The maximum Gasteiger partial charge on any atom is 0.242 e. The number of hydrogen-bond acceptors (Lipinski definition) is 4. The molecule has 2 atom stereocenters. The van der Waals surface area contributed by atoms with Crippen LogP contribution in [-0.4, -0.2) is 23.0 Å². The standard InChI is InChI=1S/C12H20N4O/c1-4-8(2)15-10-5-6-11(14-7-10)16-12(17)9(3)13/h5-9,15H,4,13H2,1-3H3,(H,14,16,17). The van der Waals surface area contributed by atoms with Gasteiger partial charge in [0.1, 0.15) is 5.82 Å². The van der Waals surface area contributed by atoms with Crippen LogP contribution in [0.3, 0.4) is 0 Å². The second-order valence-corrected chi connectivity index (χ2v) is 4.16. The Bertz CT molecular complexity index is 361. The second kappa shape index (κ2) is 6.20. The Hall–Kier alpha value is -1.62. The van der Waals surface area contributed by atoms with E-state index in [1.165, 1.54) is 0 Å². The molecular weight excluding hydrogens is 216 g/mol. The highest BCUT2D eigenvalue weighted by Gasteiger charge is 2.08. The fraction of sp³-hybridized carbons (Fsp3) is 0.500. The van der Waals surface area contributed by atoms with Crippen molar-refractivity contribution in [1.29, 1.82) is 0 Å². The van der Waals surface area contributed by atoms with Crippen LogP contribution in [0.2, 0.25) is 0 Å².